The van der Waals surface area contributed by atoms with Crippen molar-refractivity contribution in [3.05, 3.63) is 54.1 Å². The molecule has 1 aromatic heterocycles. The third kappa shape index (κ3) is 1.91. The average Bonchev–Trinajstić information content (AvgIpc) is 2.98. The van der Waals surface area contributed by atoms with Crippen LogP contribution in [0.4, 0.5) is 8.78 Å². The van der Waals surface area contributed by atoms with Crippen molar-refractivity contribution in [2.24, 2.45) is 0 Å². The van der Waals surface area contributed by atoms with Gasteiger partial charge in [-0.3, -0.25) is 0 Å². The first-order valence-electron chi connectivity index (χ1n) is 7.13. The molecule has 0 radical (unpaired) electrons. The first kappa shape index (κ1) is 12.7. The maximum absolute atomic E-state index is 14.2. The van der Waals surface area contributed by atoms with Gasteiger partial charge in [0.25, 0.3) is 0 Å². The molecule has 5 heteroatoms. The number of nitrogens with zero attached hydrogens (tertiary/aromatic N) is 3. The maximum Gasteiger partial charge on any atom is 0.180 e. The topological polar surface area (TPSA) is 30.7 Å². The van der Waals surface area contributed by atoms with Crippen LogP contribution in [-0.2, 0) is 0 Å². The van der Waals surface area contributed by atoms with Crippen LogP contribution in [0.3, 0.4) is 0 Å². The molecule has 4 rings (SSSR count). The Hall–Kier alpha value is -2.04. The Labute approximate surface area is 121 Å². The smallest absolute Gasteiger partial charge is 0.180 e. The Bertz CT molecular complexity index is 704. The summed E-state index contributed by atoms with van der Waals surface area (Å²) in [5, 5.41) is 4.33. The summed E-state index contributed by atoms with van der Waals surface area (Å²) in [5.74, 6) is 0.525. The minimum Gasteiger partial charge on any atom is -0.239 e. The molecule has 0 amide bonds. The second kappa shape index (κ2) is 4.23. The molecule has 2 aliphatic rings. The summed E-state index contributed by atoms with van der Waals surface area (Å²) in [6.07, 6.45) is 0.0692. The van der Waals surface area contributed by atoms with Crippen LogP contribution in [0, 0.1) is 0 Å². The van der Waals surface area contributed by atoms with Gasteiger partial charge in [-0.2, -0.15) is 5.10 Å². The number of hydrogen-bond donors (Lipinski definition) is 0. The van der Waals surface area contributed by atoms with E-state index >= 15 is 0 Å². The Balaban J connectivity index is 1.73. The standard InChI is InChI=1S/C16H15F2N3/c1-10(16(18)7-8-16)14-19-15-12(17)9-13(21(15)20-14)11-5-3-2-4-6-11/h2-6,12-13H,1,7-9H2. The van der Waals surface area contributed by atoms with E-state index in [-0.39, 0.29) is 23.3 Å². The van der Waals surface area contributed by atoms with E-state index in [2.05, 4.69) is 16.7 Å². The zero-order chi connectivity index (χ0) is 14.6. The number of rotatable bonds is 3. The van der Waals surface area contributed by atoms with Crippen molar-refractivity contribution in [1.82, 2.24) is 14.8 Å². The van der Waals surface area contributed by atoms with Crippen LogP contribution in [0.25, 0.3) is 5.57 Å². The molecular formula is C16H15F2N3. The van der Waals surface area contributed by atoms with Crippen molar-refractivity contribution in [2.45, 2.75) is 37.1 Å². The number of hydrogen-bond acceptors (Lipinski definition) is 2. The van der Waals surface area contributed by atoms with E-state index < -0.39 is 11.8 Å². The van der Waals surface area contributed by atoms with Gasteiger partial charge in [0.05, 0.1) is 6.04 Å². The summed E-state index contributed by atoms with van der Waals surface area (Å²) in [4.78, 5) is 4.19. The van der Waals surface area contributed by atoms with Crippen molar-refractivity contribution in [1.29, 1.82) is 0 Å². The van der Waals surface area contributed by atoms with Crippen LogP contribution < -0.4 is 0 Å². The van der Waals surface area contributed by atoms with E-state index in [0.717, 1.165) is 5.56 Å². The SMILES string of the molecule is C=C(c1nc2n(n1)C(c1ccccc1)CC2F)C1(F)CC1. The molecule has 0 bridgehead atoms. The Morgan fingerprint density at radius 1 is 1.29 bits per heavy atom. The molecule has 1 saturated carbocycles. The molecule has 21 heavy (non-hydrogen) atoms. The van der Waals surface area contributed by atoms with E-state index in [1.165, 1.54) is 0 Å². The number of alkyl halides is 2. The highest BCUT2D eigenvalue weighted by Gasteiger charge is 2.48. The fraction of sp³-hybridized carbons (Fsp3) is 0.375. The fourth-order valence-corrected chi connectivity index (χ4v) is 2.87. The number of allylic oxidation sites excluding steroid dienone is 1. The summed E-state index contributed by atoms with van der Waals surface area (Å²) < 4.78 is 29.9. The Morgan fingerprint density at radius 2 is 2.00 bits per heavy atom. The van der Waals surface area contributed by atoms with Crippen LogP contribution >= 0.6 is 0 Å². The van der Waals surface area contributed by atoms with Crippen molar-refractivity contribution < 1.29 is 8.78 Å². The molecule has 1 aromatic carbocycles. The molecule has 0 N–H and O–H groups in total. The highest BCUT2D eigenvalue weighted by atomic mass is 19.1. The van der Waals surface area contributed by atoms with Gasteiger partial charge in [-0.1, -0.05) is 36.9 Å². The third-order valence-corrected chi connectivity index (χ3v) is 4.35. The maximum atomic E-state index is 14.2. The van der Waals surface area contributed by atoms with Gasteiger partial charge in [-0.15, -0.1) is 0 Å². The second-order valence-corrected chi connectivity index (χ2v) is 5.81. The summed E-state index contributed by atoms with van der Waals surface area (Å²) in [5.41, 5.74) is -0.109. The molecule has 1 aliphatic heterocycles. The summed E-state index contributed by atoms with van der Waals surface area (Å²) in [6.45, 7) is 3.76. The second-order valence-electron chi connectivity index (χ2n) is 5.81. The lowest BCUT2D eigenvalue weighted by atomic mass is 10.0. The summed E-state index contributed by atoms with van der Waals surface area (Å²) in [6, 6.07) is 9.46. The molecule has 1 fully saturated rings. The van der Waals surface area contributed by atoms with Gasteiger partial charge in [-0.25, -0.2) is 18.4 Å². The van der Waals surface area contributed by atoms with Gasteiger partial charge < -0.3 is 0 Å². The van der Waals surface area contributed by atoms with Gasteiger partial charge >= 0.3 is 0 Å². The molecule has 2 atom stereocenters. The Morgan fingerprint density at radius 3 is 2.67 bits per heavy atom. The predicted octanol–water partition coefficient (Wildman–Crippen LogP) is 3.80. The molecule has 0 spiro atoms. The van der Waals surface area contributed by atoms with Gasteiger partial charge in [-0.05, 0) is 18.4 Å². The lowest BCUT2D eigenvalue weighted by Crippen LogP contribution is -2.09. The number of halogens is 2. The molecule has 1 aliphatic carbocycles. The molecule has 2 unspecified atom stereocenters. The summed E-state index contributed by atoms with van der Waals surface area (Å²) >= 11 is 0. The van der Waals surface area contributed by atoms with Gasteiger partial charge in [0.1, 0.15) is 5.67 Å². The van der Waals surface area contributed by atoms with Crippen LogP contribution in [0.5, 0.6) is 0 Å². The normalized spacial score (nSPS) is 25.6. The molecule has 2 aromatic rings. The number of fused-ring (bicyclic) bond motifs is 1. The number of benzene rings is 1. The zero-order valence-corrected chi connectivity index (χ0v) is 11.5. The lowest BCUT2D eigenvalue weighted by Gasteiger charge is -2.12. The van der Waals surface area contributed by atoms with Gasteiger partial charge in [0.15, 0.2) is 17.8 Å². The highest BCUT2D eigenvalue weighted by Crippen LogP contribution is 2.49. The van der Waals surface area contributed by atoms with E-state index in [0.29, 0.717) is 19.3 Å². The molecular weight excluding hydrogens is 272 g/mol. The molecule has 0 saturated heterocycles. The Kier molecular flexibility index (Phi) is 2.55. The highest BCUT2D eigenvalue weighted by molar-refractivity contribution is 5.68. The fourth-order valence-electron chi connectivity index (χ4n) is 2.87. The quantitative estimate of drug-likeness (QED) is 0.859. The van der Waals surface area contributed by atoms with Crippen molar-refractivity contribution in [3.8, 4) is 0 Å². The lowest BCUT2D eigenvalue weighted by molar-refractivity contribution is 0.328. The first-order valence-corrected chi connectivity index (χ1v) is 7.13. The van der Waals surface area contributed by atoms with Gasteiger partial charge in [0.2, 0.25) is 0 Å². The summed E-state index contributed by atoms with van der Waals surface area (Å²) in [7, 11) is 0. The predicted molar refractivity (Wildman–Crippen MR) is 75.2 cm³/mol. The van der Waals surface area contributed by atoms with E-state index in [9.17, 15) is 8.78 Å². The molecule has 108 valence electrons. The zero-order valence-electron chi connectivity index (χ0n) is 11.5. The van der Waals surface area contributed by atoms with Gasteiger partial charge in [0, 0.05) is 12.0 Å². The molecule has 2 heterocycles. The van der Waals surface area contributed by atoms with E-state index in [1.807, 2.05) is 30.3 Å². The van der Waals surface area contributed by atoms with Crippen molar-refractivity contribution in [3.63, 3.8) is 0 Å². The minimum atomic E-state index is -1.38. The van der Waals surface area contributed by atoms with Crippen LogP contribution in [0.2, 0.25) is 0 Å². The van der Waals surface area contributed by atoms with Crippen LogP contribution in [-0.4, -0.2) is 20.4 Å². The molecule has 3 nitrogen and oxygen atoms in total. The average molecular weight is 287 g/mol. The monoisotopic (exact) mass is 287 g/mol. The van der Waals surface area contributed by atoms with Crippen molar-refractivity contribution in [2.75, 3.05) is 0 Å². The minimum absolute atomic E-state index is 0.181. The van der Waals surface area contributed by atoms with Crippen molar-refractivity contribution >= 4 is 5.57 Å². The first-order chi connectivity index (χ1) is 10.1. The largest absolute Gasteiger partial charge is 0.239 e. The number of aromatic nitrogens is 3. The van der Waals surface area contributed by atoms with E-state index in [4.69, 9.17) is 0 Å². The van der Waals surface area contributed by atoms with Crippen LogP contribution in [0.15, 0.2) is 36.9 Å². The van der Waals surface area contributed by atoms with E-state index in [1.54, 1.807) is 4.68 Å². The van der Waals surface area contributed by atoms with Crippen LogP contribution in [0.1, 0.15) is 48.7 Å². The third-order valence-electron chi connectivity index (χ3n) is 4.35.